The van der Waals surface area contributed by atoms with Gasteiger partial charge in [-0.2, -0.15) is 0 Å². The number of carbonyl (C=O) groups is 2. The third-order valence-corrected chi connectivity index (χ3v) is 22.2. The molecular formula is C19H34O5Si2. The summed E-state index contributed by atoms with van der Waals surface area (Å²) in [6.45, 7) is 17.1. The second-order valence-electron chi connectivity index (χ2n) is 8.13. The predicted octanol–water partition coefficient (Wildman–Crippen LogP) is 4.16. The average Bonchev–Trinajstić information content (AvgIpc) is 2.58. The minimum atomic E-state index is -1.74. The zero-order valence-corrected chi connectivity index (χ0v) is 18.8. The van der Waals surface area contributed by atoms with Crippen LogP contribution in [-0.2, 0) is 23.5 Å². The molecule has 0 aromatic heterocycles. The molecule has 0 aliphatic carbocycles. The molecule has 0 aromatic rings. The molecule has 7 heteroatoms. The van der Waals surface area contributed by atoms with Gasteiger partial charge < -0.3 is 13.9 Å². The van der Waals surface area contributed by atoms with Crippen LogP contribution in [0.5, 0.6) is 0 Å². The number of rotatable bonds is 10. The van der Waals surface area contributed by atoms with Crippen LogP contribution in [0, 0.1) is 0 Å². The van der Waals surface area contributed by atoms with E-state index < -0.39 is 15.4 Å². The van der Waals surface area contributed by atoms with Crippen LogP contribution in [0.4, 0.5) is 0 Å². The molecule has 1 heterocycles. The largest absolute Gasteiger partial charge is 0.463 e. The summed E-state index contributed by atoms with van der Waals surface area (Å²) < 4.78 is 17.1. The molecular weight excluding hydrogens is 364 g/mol. The number of hydrogen-bond acceptors (Lipinski definition) is 5. The maximum Gasteiger partial charge on any atom is 0.330 e. The molecule has 0 saturated carbocycles. The topological polar surface area (TPSA) is 61.8 Å². The fourth-order valence-electron chi connectivity index (χ4n) is 3.30. The van der Waals surface area contributed by atoms with Gasteiger partial charge >= 0.3 is 11.9 Å². The van der Waals surface area contributed by atoms with Gasteiger partial charge in [0.2, 0.25) is 0 Å². The van der Waals surface area contributed by atoms with Crippen LogP contribution in [0.2, 0.25) is 32.2 Å². The lowest BCUT2D eigenvalue weighted by atomic mass is 9.89. The van der Waals surface area contributed by atoms with E-state index in [2.05, 4.69) is 39.3 Å². The van der Waals surface area contributed by atoms with Crippen molar-refractivity contribution < 1.29 is 23.5 Å². The quantitative estimate of drug-likeness (QED) is 0.239. The molecule has 0 radical (unpaired) electrons. The number of hydrogen-bond donors (Lipinski definition) is 0. The lowest BCUT2D eigenvalue weighted by Crippen LogP contribution is -2.65. The summed E-state index contributed by atoms with van der Waals surface area (Å²) in [7, 11) is -3.07. The van der Waals surface area contributed by atoms with Gasteiger partial charge in [0.25, 0.3) is 0 Å². The minimum Gasteiger partial charge on any atom is -0.463 e. The standard InChI is InChI=1S/C19H34O5Si2/c1-7-17(20)22-14-9-11-19(12-10-15-23-18(21)8-2)13-16-25(3,4)26(5,6)24-19/h7-8H,1-2,9-16H2,3-6H3. The van der Waals surface area contributed by atoms with Gasteiger partial charge in [0.15, 0.2) is 7.83 Å². The third-order valence-electron chi connectivity index (χ3n) is 5.68. The van der Waals surface area contributed by atoms with Gasteiger partial charge in [0.05, 0.1) is 26.4 Å². The van der Waals surface area contributed by atoms with Gasteiger partial charge in [0.1, 0.15) is 0 Å². The highest BCUT2D eigenvalue weighted by Gasteiger charge is 2.52. The molecule has 0 bridgehead atoms. The fourth-order valence-corrected chi connectivity index (χ4v) is 10.3. The summed E-state index contributed by atoms with van der Waals surface area (Å²) in [5, 5.41) is 0. The van der Waals surface area contributed by atoms with E-state index in [0.29, 0.717) is 13.2 Å². The van der Waals surface area contributed by atoms with Crippen LogP contribution < -0.4 is 0 Å². The molecule has 26 heavy (non-hydrogen) atoms. The maximum atomic E-state index is 11.2. The highest BCUT2D eigenvalue weighted by molar-refractivity contribution is 7.38. The zero-order chi connectivity index (χ0) is 19.8. The first-order valence-electron chi connectivity index (χ1n) is 9.36. The van der Waals surface area contributed by atoms with E-state index in [4.69, 9.17) is 13.9 Å². The number of carbonyl (C=O) groups excluding carboxylic acids is 2. The Balaban J connectivity index is 2.68. The van der Waals surface area contributed by atoms with Gasteiger partial charge in [-0.3, -0.25) is 0 Å². The van der Waals surface area contributed by atoms with E-state index >= 15 is 0 Å². The molecule has 1 saturated heterocycles. The lowest BCUT2D eigenvalue weighted by Gasteiger charge is -2.52. The first-order chi connectivity index (χ1) is 12.1. The molecule has 1 fully saturated rings. The highest BCUT2D eigenvalue weighted by atomic mass is 29.3. The summed E-state index contributed by atoms with van der Waals surface area (Å²) >= 11 is 0. The normalized spacial score (nSPS) is 20.0. The Morgan fingerprint density at radius 1 is 1.00 bits per heavy atom. The Hall–Kier alpha value is -1.19. The summed E-state index contributed by atoms with van der Waals surface area (Å²) in [5.41, 5.74) is -0.195. The smallest absolute Gasteiger partial charge is 0.330 e. The Labute approximate surface area is 159 Å². The highest BCUT2D eigenvalue weighted by Crippen LogP contribution is 2.43. The van der Waals surface area contributed by atoms with Gasteiger partial charge in [-0.15, -0.1) is 0 Å². The van der Waals surface area contributed by atoms with Crippen molar-refractivity contribution in [3.8, 4) is 0 Å². The molecule has 1 rings (SSSR count). The molecule has 0 N–H and O–H groups in total. The SMILES string of the molecule is C=CC(=O)OCCCC1(CCCOC(=O)C=C)CC[Si](C)(C)[Si](C)(C)O1. The summed E-state index contributed by atoms with van der Waals surface area (Å²) in [4.78, 5) is 22.4. The second kappa shape index (κ2) is 9.66. The van der Waals surface area contributed by atoms with Crippen molar-refractivity contribution in [2.45, 2.75) is 69.9 Å². The van der Waals surface area contributed by atoms with Gasteiger partial charge in [-0.25, -0.2) is 9.59 Å². The fraction of sp³-hybridized carbons (Fsp3) is 0.684. The molecule has 0 atom stereocenters. The Morgan fingerprint density at radius 3 is 1.85 bits per heavy atom. The Morgan fingerprint density at radius 2 is 1.46 bits per heavy atom. The summed E-state index contributed by atoms with van der Waals surface area (Å²) in [5.74, 6) is -0.772. The second-order valence-corrected chi connectivity index (χ2v) is 23.3. The van der Waals surface area contributed by atoms with E-state index in [1.165, 1.54) is 18.2 Å². The van der Waals surface area contributed by atoms with E-state index in [1.807, 2.05) is 0 Å². The third kappa shape index (κ3) is 6.52. The number of ether oxygens (including phenoxy) is 2. The van der Waals surface area contributed by atoms with E-state index in [0.717, 1.165) is 32.1 Å². The molecule has 148 valence electrons. The average molecular weight is 399 g/mol. The first kappa shape index (κ1) is 22.9. The van der Waals surface area contributed by atoms with E-state index in [9.17, 15) is 9.59 Å². The molecule has 1 aliphatic rings. The molecule has 0 aromatic carbocycles. The van der Waals surface area contributed by atoms with Gasteiger partial charge in [0, 0.05) is 12.2 Å². The van der Waals surface area contributed by atoms with Crippen LogP contribution >= 0.6 is 0 Å². The number of esters is 2. The van der Waals surface area contributed by atoms with Crippen molar-refractivity contribution in [2.24, 2.45) is 0 Å². The molecule has 0 unspecified atom stereocenters. The monoisotopic (exact) mass is 398 g/mol. The Kier molecular flexibility index (Phi) is 8.49. The zero-order valence-electron chi connectivity index (χ0n) is 16.8. The van der Waals surface area contributed by atoms with Gasteiger partial charge in [-0.05, 0) is 45.2 Å². The van der Waals surface area contributed by atoms with Crippen molar-refractivity contribution in [2.75, 3.05) is 13.2 Å². The molecule has 0 amide bonds. The van der Waals surface area contributed by atoms with Crippen molar-refractivity contribution in [3.63, 3.8) is 0 Å². The lowest BCUT2D eigenvalue weighted by molar-refractivity contribution is -0.138. The van der Waals surface area contributed by atoms with Crippen LogP contribution in [-0.4, -0.2) is 46.2 Å². The summed E-state index contributed by atoms with van der Waals surface area (Å²) in [6.07, 6.45) is 6.64. The molecule has 0 spiro atoms. The van der Waals surface area contributed by atoms with Crippen molar-refractivity contribution >= 4 is 27.4 Å². The predicted molar refractivity (Wildman–Crippen MR) is 109 cm³/mol. The molecule has 1 aliphatic heterocycles. The summed E-state index contributed by atoms with van der Waals surface area (Å²) in [6, 6.07) is 1.26. The van der Waals surface area contributed by atoms with Crippen molar-refractivity contribution in [3.05, 3.63) is 25.3 Å². The van der Waals surface area contributed by atoms with E-state index in [1.54, 1.807) is 0 Å². The van der Waals surface area contributed by atoms with Crippen LogP contribution in [0.25, 0.3) is 0 Å². The van der Waals surface area contributed by atoms with Crippen LogP contribution in [0.3, 0.4) is 0 Å². The molecule has 5 nitrogen and oxygen atoms in total. The van der Waals surface area contributed by atoms with E-state index in [-0.39, 0.29) is 17.5 Å². The Bertz CT molecular complexity index is 500. The first-order valence-corrected chi connectivity index (χ1v) is 16.5. The van der Waals surface area contributed by atoms with Crippen LogP contribution in [0.1, 0.15) is 32.1 Å². The van der Waals surface area contributed by atoms with Gasteiger partial charge in [-0.1, -0.05) is 32.3 Å². The minimum absolute atomic E-state index is 0.195. The van der Waals surface area contributed by atoms with Crippen molar-refractivity contribution in [1.82, 2.24) is 0 Å². The van der Waals surface area contributed by atoms with Crippen LogP contribution in [0.15, 0.2) is 25.3 Å². The maximum absolute atomic E-state index is 11.2. The van der Waals surface area contributed by atoms with Crippen molar-refractivity contribution in [1.29, 1.82) is 0 Å².